The van der Waals surface area contributed by atoms with Crippen LogP contribution in [0.15, 0.2) is 30.3 Å². The lowest BCUT2D eigenvalue weighted by Crippen LogP contribution is -2.55. The zero-order valence-electron chi connectivity index (χ0n) is 16.6. The van der Waals surface area contributed by atoms with Gasteiger partial charge in [0.1, 0.15) is 5.82 Å². The van der Waals surface area contributed by atoms with Gasteiger partial charge in [-0.25, -0.2) is 4.68 Å². The summed E-state index contributed by atoms with van der Waals surface area (Å²) < 4.78 is 2.03. The van der Waals surface area contributed by atoms with Crippen LogP contribution in [-0.4, -0.2) is 59.4 Å². The van der Waals surface area contributed by atoms with Crippen molar-refractivity contribution in [3.05, 3.63) is 41.6 Å². The molecule has 0 radical (unpaired) electrons. The van der Waals surface area contributed by atoms with Crippen LogP contribution in [0.2, 0.25) is 0 Å². The summed E-state index contributed by atoms with van der Waals surface area (Å²) in [5.74, 6) is 1.30. The molecule has 2 aliphatic rings. The Bertz CT molecular complexity index is 830. The molecule has 0 unspecified atom stereocenters. The molecule has 0 spiro atoms. The number of rotatable bonds is 3. The molecule has 2 aliphatic heterocycles. The first-order valence-electron chi connectivity index (χ1n) is 9.92. The van der Waals surface area contributed by atoms with Crippen molar-refractivity contribution in [2.75, 3.05) is 42.5 Å². The van der Waals surface area contributed by atoms with Gasteiger partial charge in [0.15, 0.2) is 0 Å². The lowest BCUT2D eigenvalue weighted by molar-refractivity contribution is -0.130. The molecule has 3 heterocycles. The predicted octanol–water partition coefficient (Wildman–Crippen LogP) is 2.45. The average Bonchev–Trinajstić information content (AvgIpc) is 3.03. The van der Waals surface area contributed by atoms with E-state index in [1.54, 1.807) is 0 Å². The molecule has 1 fully saturated rings. The first kappa shape index (κ1) is 17.9. The quantitative estimate of drug-likeness (QED) is 0.836. The zero-order valence-corrected chi connectivity index (χ0v) is 16.6. The summed E-state index contributed by atoms with van der Waals surface area (Å²) in [6.45, 7) is 11.1. The third kappa shape index (κ3) is 3.66. The first-order chi connectivity index (χ1) is 13.0. The van der Waals surface area contributed by atoms with E-state index in [1.807, 2.05) is 16.5 Å². The Kier molecular flexibility index (Phi) is 4.81. The van der Waals surface area contributed by atoms with E-state index in [2.05, 4.69) is 59.1 Å². The topological polar surface area (TPSA) is 44.6 Å². The Morgan fingerprint density at radius 3 is 2.78 bits per heavy atom. The van der Waals surface area contributed by atoms with Crippen LogP contribution in [0, 0.1) is 13.8 Å². The number of aryl methyl sites for hydroxylation is 3. The number of anilines is 2. The molecular formula is C21H29N5O. The van der Waals surface area contributed by atoms with Crippen molar-refractivity contribution < 1.29 is 4.79 Å². The van der Waals surface area contributed by atoms with E-state index < -0.39 is 0 Å². The third-order valence-electron chi connectivity index (χ3n) is 5.64. The van der Waals surface area contributed by atoms with Gasteiger partial charge in [0.2, 0.25) is 5.91 Å². The van der Waals surface area contributed by atoms with Crippen LogP contribution in [0.5, 0.6) is 0 Å². The maximum Gasteiger partial charge on any atom is 0.242 e. The number of aromatic nitrogens is 2. The van der Waals surface area contributed by atoms with Crippen molar-refractivity contribution >= 4 is 17.4 Å². The van der Waals surface area contributed by atoms with Crippen molar-refractivity contribution in [2.45, 2.75) is 39.8 Å². The van der Waals surface area contributed by atoms with E-state index in [1.165, 1.54) is 11.3 Å². The smallest absolute Gasteiger partial charge is 0.242 e. The summed E-state index contributed by atoms with van der Waals surface area (Å²) in [5, 5.41) is 4.53. The van der Waals surface area contributed by atoms with Crippen molar-refractivity contribution in [2.24, 2.45) is 0 Å². The van der Waals surface area contributed by atoms with Crippen LogP contribution in [0.1, 0.15) is 24.6 Å². The fraction of sp³-hybridized carbons (Fsp3) is 0.524. The number of piperazine rings is 1. The number of fused-ring (bicyclic) bond motifs is 1. The van der Waals surface area contributed by atoms with Crippen molar-refractivity contribution in [3.8, 4) is 0 Å². The highest BCUT2D eigenvalue weighted by Gasteiger charge is 2.29. The van der Waals surface area contributed by atoms with Crippen LogP contribution < -0.4 is 9.80 Å². The summed E-state index contributed by atoms with van der Waals surface area (Å²) >= 11 is 0. The number of hydrogen-bond acceptors (Lipinski definition) is 4. The Morgan fingerprint density at radius 1 is 1.15 bits per heavy atom. The third-order valence-corrected chi connectivity index (χ3v) is 5.64. The largest absolute Gasteiger partial charge is 0.365 e. The minimum Gasteiger partial charge on any atom is -0.365 e. The van der Waals surface area contributed by atoms with Crippen LogP contribution in [-0.2, 0) is 11.3 Å². The van der Waals surface area contributed by atoms with Crippen molar-refractivity contribution in [3.63, 3.8) is 0 Å². The second-order valence-electron chi connectivity index (χ2n) is 7.86. The molecule has 0 bridgehead atoms. The van der Waals surface area contributed by atoms with E-state index in [9.17, 15) is 4.79 Å². The minimum absolute atomic E-state index is 0.220. The molecule has 2 aromatic rings. The summed E-state index contributed by atoms with van der Waals surface area (Å²) in [6, 6.07) is 11.0. The Morgan fingerprint density at radius 2 is 2.00 bits per heavy atom. The summed E-state index contributed by atoms with van der Waals surface area (Å²) in [5.41, 5.74) is 3.55. The van der Waals surface area contributed by atoms with Gasteiger partial charge in [0.25, 0.3) is 0 Å². The number of amides is 1. The lowest BCUT2D eigenvalue weighted by Gasteiger charge is -2.42. The first-order valence-corrected chi connectivity index (χ1v) is 9.92. The Labute approximate surface area is 161 Å². The number of benzene rings is 1. The minimum atomic E-state index is 0.220. The summed E-state index contributed by atoms with van der Waals surface area (Å²) in [6.07, 6.45) is 1.04. The molecule has 1 aromatic heterocycles. The van der Waals surface area contributed by atoms with Crippen LogP contribution >= 0.6 is 0 Å². The maximum atomic E-state index is 13.0. The molecule has 6 nitrogen and oxygen atoms in total. The predicted molar refractivity (Wildman–Crippen MR) is 108 cm³/mol. The molecule has 1 saturated heterocycles. The van der Waals surface area contributed by atoms with Crippen LogP contribution in [0.25, 0.3) is 0 Å². The van der Waals surface area contributed by atoms with Gasteiger partial charge in [-0.15, -0.1) is 0 Å². The summed E-state index contributed by atoms with van der Waals surface area (Å²) in [7, 11) is 0. The molecule has 27 heavy (non-hydrogen) atoms. The molecule has 144 valence electrons. The molecule has 1 atom stereocenters. The average molecular weight is 367 g/mol. The lowest BCUT2D eigenvalue weighted by atomic mass is 10.1. The van der Waals surface area contributed by atoms with Gasteiger partial charge < -0.3 is 14.7 Å². The van der Waals surface area contributed by atoms with Gasteiger partial charge in [0.05, 0.1) is 12.2 Å². The van der Waals surface area contributed by atoms with E-state index in [-0.39, 0.29) is 5.91 Å². The second kappa shape index (κ2) is 7.25. The number of carbonyl (C=O) groups excluding carboxylic acids is 1. The van der Waals surface area contributed by atoms with Gasteiger partial charge in [0, 0.05) is 50.5 Å². The monoisotopic (exact) mass is 367 g/mol. The fourth-order valence-electron chi connectivity index (χ4n) is 4.27. The SMILES string of the molecule is Cc1cccc(N2CCN(C(=O)CN3CCCn4nc(C)cc43)C[C@H]2C)c1. The molecule has 0 saturated carbocycles. The molecule has 0 N–H and O–H groups in total. The maximum absolute atomic E-state index is 13.0. The van der Waals surface area contributed by atoms with E-state index >= 15 is 0 Å². The normalized spacial score (nSPS) is 20.0. The molecule has 4 rings (SSSR count). The number of nitrogens with zero attached hydrogens (tertiary/aromatic N) is 5. The van der Waals surface area contributed by atoms with Gasteiger partial charge in [-0.05, 0) is 44.9 Å². The Hall–Kier alpha value is -2.50. The van der Waals surface area contributed by atoms with Gasteiger partial charge in [-0.1, -0.05) is 12.1 Å². The van der Waals surface area contributed by atoms with Crippen LogP contribution in [0.4, 0.5) is 11.5 Å². The van der Waals surface area contributed by atoms with Gasteiger partial charge >= 0.3 is 0 Å². The standard InChI is InChI=1S/C21H29N5O/c1-16-6-4-7-19(12-16)25-11-10-24(14-18(25)3)21(27)15-23-8-5-9-26-20(23)13-17(2)22-26/h4,6-7,12-13,18H,5,8-11,14-15H2,1-3H3/t18-/m1/s1. The fourth-order valence-corrected chi connectivity index (χ4v) is 4.27. The van der Waals surface area contributed by atoms with Gasteiger partial charge in [-0.3, -0.25) is 4.79 Å². The van der Waals surface area contributed by atoms with Crippen molar-refractivity contribution in [1.82, 2.24) is 14.7 Å². The van der Waals surface area contributed by atoms with Crippen molar-refractivity contribution in [1.29, 1.82) is 0 Å². The van der Waals surface area contributed by atoms with E-state index in [4.69, 9.17) is 0 Å². The molecule has 6 heteroatoms. The van der Waals surface area contributed by atoms with Gasteiger partial charge in [-0.2, -0.15) is 5.10 Å². The summed E-state index contributed by atoms with van der Waals surface area (Å²) in [4.78, 5) is 19.6. The molecule has 1 amide bonds. The van der Waals surface area contributed by atoms with E-state index in [0.29, 0.717) is 12.6 Å². The molecule has 1 aromatic carbocycles. The molecular weight excluding hydrogens is 338 g/mol. The number of hydrogen-bond donors (Lipinski definition) is 0. The molecule has 0 aliphatic carbocycles. The van der Waals surface area contributed by atoms with E-state index in [0.717, 1.165) is 50.7 Å². The highest BCUT2D eigenvalue weighted by atomic mass is 16.2. The van der Waals surface area contributed by atoms with Crippen LogP contribution in [0.3, 0.4) is 0 Å². The highest BCUT2D eigenvalue weighted by Crippen LogP contribution is 2.24. The zero-order chi connectivity index (χ0) is 19.0. The number of carbonyl (C=O) groups is 1. The Balaban J connectivity index is 1.40. The highest BCUT2D eigenvalue weighted by molar-refractivity contribution is 5.81. The second-order valence-corrected chi connectivity index (χ2v) is 7.86.